The van der Waals surface area contributed by atoms with Crippen LogP contribution in [0.25, 0.3) is 0 Å². The van der Waals surface area contributed by atoms with Crippen molar-refractivity contribution in [1.29, 1.82) is 0 Å². The minimum absolute atomic E-state index is 0.119. The van der Waals surface area contributed by atoms with Crippen molar-refractivity contribution in [2.75, 3.05) is 27.3 Å². The highest BCUT2D eigenvalue weighted by atomic mass is 16.5. The molecule has 2 atom stereocenters. The molecule has 20 heavy (non-hydrogen) atoms. The lowest BCUT2D eigenvalue weighted by Crippen LogP contribution is -2.40. The molecular weight excluding hydrogens is 254 g/mol. The zero-order valence-corrected chi connectivity index (χ0v) is 12.6. The Bertz CT molecular complexity index is 430. The number of nitrogens with zero attached hydrogens (tertiary/aromatic N) is 1. The van der Waals surface area contributed by atoms with E-state index in [4.69, 9.17) is 9.47 Å². The minimum atomic E-state index is -0.507. The number of aliphatic hydroxyl groups excluding tert-OH is 1. The second-order valence-electron chi connectivity index (χ2n) is 5.40. The number of methoxy groups -OCH3 is 2. The first kappa shape index (κ1) is 15.1. The molecule has 1 fully saturated rings. The van der Waals surface area contributed by atoms with Crippen LogP contribution >= 0.6 is 0 Å². The molecule has 0 bridgehead atoms. The number of hydrogen-bond donors (Lipinski definition) is 1. The molecule has 1 aliphatic rings. The first-order chi connectivity index (χ1) is 9.67. The summed E-state index contributed by atoms with van der Waals surface area (Å²) in [4.78, 5) is 2.37. The molecule has 1 heterocycles. The molecule has 1 N–H and O–H groups in total. The molecular formula is C16H25NO3. The number of aliphatic hydroxyl groups is 1. The Labute approximate surface area is 121 Å². The first-order valence-electron chi connectivity index (χ1n) is 7.31. The molecule has 2 rings (SSSR count). The van der Waals surface area contributed by atoms with E-state index in [0.29, 0.717) is 11.5 Å². The van der Waals surface area contributed by atoms with Gasteiger partial charge in [-0.25, -0.2) is 0 Å². The summed E-state index contributed by atoms with van der Waals surface area (Å²) >= 11 is 0. The molecule has 0 unspecified atom stereocenters. The van der Waals surface area contributed by atoms with Crippen LogP contribution < -0.4 is 9.47 Å². The van der Waals surface area contributed by atoms with Crippen LogP contribution in [0.3, 0.4) is 0 Å². The second-order valence-corrected chi connectivity index (χ2v) is 5.40. The Morgan fingerprint density at radius 3 is 2.30 bits per heavy atom. The van der Waals surface area contributed by atoms with Gasteiger partial charge in [0.15, 0.2) is 11.5 Å². The third-order valence-electron chi connectivity index (χ3n) is 4.17. The van der Waals surface area contributed by atoms with Gasteiger partial charge in [-0.3, -0.25) is 4.90 Å². The number of benzene rings is 1. The quantitative estimate of drug-likeness (QED) is 0.899. The lowest BCUT2D eigenvalue weighted by atomic mass is 9.99. The van der Waals surface area contributed by atoms with Gasteiger partial charge in [-0.15, -0.1) is 0 Å². The maximum Gasteiger partial charge on any atom is 0.161 e. The highest BCUT2D eigenvalue weighted by molar-refractivity contribution is 5.43. The third-order valence-corrected chi connectivity index (χ3v) is 4.17. The van der Waals surface area contributed by atoms with Crippen LogP contribution in [0.15, 0.2) is 18.2 Å². The van der Waals surface area contributed by atoms with Crippen molar-refractivity contribution in [3.05, 3.63) is 23.8 Å². The standard InChI is InChI=1S/C16H25NO3/c1-12(17-9-5-4-6-10-17)16(18)13-7-8-14(19-2)15(11-13)20-3/h7-8,11-12,16,18H,4-6,9-10H2,1-3H3/t12-,16-/m1/s1. The van der Waals surface area contributed by atoms with Crippen LogP contribution in [-0.2, 0) is 0 Å². The summed E-state index contributed by atoms with van der Waals surface area (Å²) in [5.41, 5.74) is 0.876. The number of piperidine rings is 1. The van der Waals surface area contributed by atoms with E-state index in [1.165, 1.54) is 19.3 Å². The van der Waals surface area contributed by atoms with Gasteiger partial charge in [0.1, 0.15) is 0 Å². The average Bonchev–Trinajstić information content (AvgIpc) is 2.53. The molecule has 112 valence electrons. The highest BCUT2D eigenvalue weighted by Gasteiger charge is 2.25. The molecule has 1 saturated heterocycles. The SMILES string of the molecule is COc1ccc([C@H](O)[C@@H](C)N2CCCCC2)cc1OC. The van der Waals surface area contributed by atoms with Crippen molar-refractivity contribution in [1.82, 2.24) is 4.90 Å². The van der Waals surface area contributed by atoms with Gasteiger partial charge in [0.25, 0.3) is 0 Å². The smallest absolute Gasteiger partial charge is 0.161 e. The summed E-state index contributed by atoms with van der Waals surface area (Å²) in [6.45, 7) is 4.24. The highest BCUT2D eigenvalue weighted by Crippen LogP contribution is 2.32. The van der Waals surface area contributed by atoms with E-state index in [9.17, 15) is 5.11 Å². The van der Waals surface area contributed by atoms with Gasteiger partial charge >= 0.3 is 0 Å². The molecule has 1 aromatic rings. The summed E-state index contributed by atoms with van der Waals surface area (Å²) in [7, 11) is 3.23. The topological polar surface area (TPSA) is 41.9 Å². The van der Waals surface area contributed by atoms with Crippen LogP contribution in [0.4, 0.5) is 0 Å². The Kier molecular flexibility index (Phi) is 5.26. The molecule has 0 aromatic heterocycles. The summed E-state index contributed by atoms with van der Waals surface area (Å²) in [6, 6.07) is 5.74. The fourth-order valence-corrected chi connectivity index (χ4v) is 2.84. The molecule has 0 aliphatic carbocycles. The molecule has 0 spiro atoms. The van der Waals surface area contributed by atoms with E-state index in [0.717, 1.165) is 18.7 Å². The fraction of sp³-hybridized carbons (Fsp3) is 0.625. The number of hydrogen-bond acceptors (Lipinski definition) is 4. The summed E-state index contributed by atoms with van der Waals surface area (Å²) in [6.07, 6.45) is 3.25. The van der Waals surface area contributed by atoms with Crippen LogP contribution in [0.5, 0.6) is 11.5 Å². The predicted molar refractivity (Wildman–Crippen MR) is 79.4 cm³/mol. The van der Waals surface area contributed by atoms with E-state index < -0.39 is 6.10 Å². The third kappa shape index (κ3) is 3.25. The lowest BCUT2D eigenvalue weighted by Gasteiger charge is -2.35. The predicted octanol–water partition coefficient (Wildman–Crippen LogP) is 2.61. The number of likely N-dealkylation sites (tertiary alicyclic amines) is 1. The van der Waals surface area contributed by atoms with E-state index in [1.807, 2.05) is 18.2 Å². The molecule has 0 amide bonds. The number of ether oxygens (including phenoxy) is 2. The van der Waals surface area contributed by atoms with Gasteiger partial charge in [-0.2, -0.15) is 0 Å². The maximum absolute atomic E-state index is 10.6. The van der Waals surface area contributed by atoms with Crippen molar-refractivity contribution < 1.29 is 14.6 Å². The van der Waals surface area contributed by atoms with Crippen LogP contribution in [0.2, 0.25) is 0 Å². The Balaban J connectivity index is 2.13. The Morgan fingerprint density at radius 1 is 1.05 bits per heavy atom. The normalized spacial score (nSPS) is 19.4. The summed E-state index contributed by atoms with van der Waals surface area (Å²) in [5.74, 6) is 1.35. The van der Waals surface area contributed by atoms with Crippen molar-refractivity contribution in [3.8, 4) is 11.5 Å². The van der Waals surface area contributed by atoms with E-state index in [-0.39, 0.29) is 6.04 Å². The van der Waals surface area contributed by atoms with Crippen LogP contribution in [0.1, 0.15) is 37.9 Å². The van der Waals surface area contributed by atoms with Gasteiger partial charge in [0, 0.05) is 6.04 Å². The number of rotatable bonds is 5. The van der Waals surface area contributed by atoms with Gasteiger partial charge in [0.05, 0.1) is 20.3 Å². The monoisotopic (exact) mass is 279 g/mol. The van der Waals surface area contributed by atoms with Crippen molar-refractivity contribution in [3.63, 3.8) is 0 Å². The van der Waals surface area contributed by atoms with Gasteiger partial charge in [-0.05, 0) is 50.6 Å². The molecule has 0 saturated carbocycles. The fourth-order valence-electron chi connectivity index (χ4n) is 2.84. The molecule has 4 heteroatoms. The molecule has 4 nitrogen and oxygen atoms in total. The summed E-state index contributed by atoms with van der Waals surface area (Å²) in [5, 5.41) is 10.6. The van der Waals surface area contributed by atoms with E-state index in [1.54, 1.807) is 14.2 Å². The first-order valence-corrected chi connectivity index (χ1v) is 7.31. The van der Waals surface area contributed by atoms with Crippen LogP contribution in [-0.4, -0.2) is 43.4 Å². The zero-order valence-electron chi connectivity index (χ0n) is 12.6. The molecule has 0 radical (unpaired) electrons. The lowest BCUT2D eigenvalue weighted by molar-refractivity contribution is 0.0469. The van der Waals surface area contributed by atoms with Gasteiger partial charge in [0.2, 0.25) is 0 Å². The van der Waals surface area contributed by atoms with Gasteiger partial charge < -0.3 is 14.6 Å². The largest absolute Gasteiger partial charge is 0.493 e. The van der Waals surface area contributed by atoms with Crippen molar-refractivity contribution >= 4 is 0 Å². The van der Waals surface area contributed by atoms with Crippen molar-refractivity contribution in [2.45, 2.75) is 38.3 Å². The van der Waals surface area contributed by atoms with Crippen LogP contribution in [0, 0.1) is 0 Å². The second kappa shape index (κ2) is 6.95. The Morgan fingerprint density at radius 2 is 1.70 bits per heavy atom. The van der Waals surface area contributed by atoms with Crippen molar-refractivity contribution in [2.24, 2.45) is 0 Å². The Hall–Kier alpha value is -1.26. The molecule has 1 aromatic carbocycles. The van der Waals surface area contributed by atoms with E-state index >= 15 is 0 Å². The van der Waals surface area contributed by atoms with Gasteiger partial charge in [-0.1, -0.05) is 12.5 Å². The average molecular weight is 279 g/mol. The maximum atomic E-state index is 10.6. The van der Waals surface area contributed by atoms with E-state index in [2.05, 4.69) is 11.8 Å². The molecule has 1 aliphatic heterocycles. The zero-order chi connectivity index (χ0) is 14.5. The summed E-state index contributed by atoms with van der Waals surface area (Å²) < 4.78 is 10.5. The minimum Gasteiger partial charge on any atom is -0.493 e.